The molecule has 0 aromatic rings. The Morgan fingerprint density at radius 2 is 2.27 bits per heavy atom. The van der Waals surface area contributed by atoms with Crippen molar-refractivity contribution >= 4 is 22.5 Å². The zero-order valence-corrected chi connectivity index (χ0v) is 9.71. The van der Waals surface area contributed by atoms with Crippen molar-refractivity contribution in [2.75, 3.05) is 18.6 Å². The lowest BCUT2D eigenvalue weighted by atomic mass is 10.1. The van der Waals surface area contributed by atoms with Gasteiger partial charge in [-0.25, -0.2) is 0 Å². The van der Waals surface area contributed by atoms with E-state index >= 15 is 0 Å². The molecule has 6 nitrogen and oxygen atoms in total. The van der Waals surface area contributed by atoms with E-state index in [1.807, 2.05) is 0 Å². The lowest BCUT2D eigenvalue weighted by Crippen LogP contribution is -2.37. The molecule has 4 N–H and O–H groups in total. The molecule has 0 saturated carbocycles. The molecule has 1 amide bonds. The molecule has 0 bridgehead atoms. The number of hydrogen-bond donors (Lipinski definition) is 3. The smallest absolute Gasteiger partial charge is 0.230 e. The van der Waals surface area contributed by atoms with E-state index < -0.39 is 16.7 Å². The maximum absolute atomic E-state index is 11.3. The fourth-order valence-electron chi connectivity index (χ4n) is 0.861. The van der Waals surface area contributed by atoms with Crippen LogP contribution in [0.3, 0.4) is 0 Å². The average molecular weight is 235 g/mol. The quantitative estimate of drug-likeness (QED) is 0.185. The summed E-state index contributed by atoms with van der Waals surface area (Å²) in [5.74, 6) is -0.515. The molecule has 0 heterocycles. The van der Waals surface area contributed by atoms with Crippen molar-refractivity contribution in [3.8, 4) is 0 Å². The Hall–Kier alpha value is -1.11. The Labute approximate surface area is 91.4 Å². The standard InChI is InChI=1S/C8H17N3O3S/c1-6(7(9)11-13)8(12)10-4-3-5-15(2)14/h6,13H,3-5H2,1-2H3,(H2,9,11)(H,10,12). The largest absolute Gasteiger partial charge is 0.409 e. The predicted octanol–water partition coefficient (Wildman–Crippen LogP) is -0.746. The van der Waals surface area contributed by atoms with Crippen LogP contribution in [0.1, 0.15) is 13.3 Å². The monoisotopic (exact) mass is 235 g/mol. The van der Waals surface area contributed by atoms with E-state index in [1.54, 1.807) is 13.2 Å². The Morgan fingerprint density at radius 3 is 2.73 bits per heavy atom. The molecule has 0 aliphatic rings. The van der Waals surface area contributed by atoms with Crippen LogP contribution in [0.25, 0.3) is 0 Å². The molecule has 0 aliphatic carbocycles. The first-order valence-electron chi connectivity index (χ1n) is 4.54. The van der Waals surface area contributed by atoms with Crippen LogP contribution in [0.2, 0.25) is 0 Å². The van der Waals surface area contributed by atoms with E-state index in [9.17, 15) is 9.00 Å². The number of carbonyl (C=O) groups excluding carboxylic acids is 1. The topological polar surface area (TPSA) is 105 Å². The summed E-state index contributed by atoms with van der Waals surface area (Å²) in [7, 11) is -0.841. The van der Waals surface area contributed by atoms with Crippen LogP contribution in [0.5, 0.6) is 0 Å². The lowest BCUT2D eigenvalue weighted by molar-refractivity contribution is -0.122. The maximum atomic E-state index is 11.3. The molecule has 0 fully saturated rings. The van der Waals surface area contributed by atoms with E-state index in [1.165, 1.54) is 0 Å². The van der Waals surface area contributed by atoms with Crippen LogP contribution in [0, 0.1) is 5.92 Å². The first-order valence-corrected chi connectivity index (χ1v) is 6.27. The van der Waals surface area contributed by atoms with Gasteiger partial charge in [0.05, 0.1) is 5.92 Å². The summed E-state index contributed by atoms with van der Waals surface area (Å²) in [5, 5.41) is 13.7. The summed E-state index contributed by atoms with van der Waals surface area (Å²) in [4.78, 5) is 11.3. The second kappa shape index (κ2) is 7.22. The van der Waals surface area contributed by atoms with Crippen molar-refractivity contribution in [2.45, 2.75) is 13.3 Å². The third-order valence-electron chi connectivity index (χ3n) is 1.86. The minimum absolute atomic E-state index is 0.119. The minimum Gasteiger partial charge on any atom is -0.409 e. The van der Waals surface area contributed by atoms with Gasteiger partial charge in [-0.05, 0) is 13.3 Å². The molecule has 0 aromatic carbocycles. The maximum Gasteiger partial charge on any atom is 0.230 e. The van der Waals surface area contributed by atoms with Gasteiger partial charge < -0.3 is 16.3 Å². The van der Waals surface area contributed by atoms with Crippen molar-refractivity contribution in [3.05, 3.63) is 0 Å². The third-order valence-corrected chi connectivity index (χ3v) is 2.72. The van der Waals surface area contributed by atoms with Gasteiger partial charge in [0.2, 0.25) is 5.91 Å². The van der Waals surface area contributed by atoms with Gasteiger partial charge in [-0.1, -0.05) is 5.16 Å². The molecule has 0 rings (SSSR count). The molecule has 0 saturated heterocycles. The van der Waals surface area contributed by atoms with E-state index in [0.717, 1.165) is 0 Å². The Balaban J connectivity index is 3.79. The zero-order valence-electron chi connectivity index (χ0n) is 8.90. The van der Waals surface area contributed by atoms with Gasteiger partial charge in [0.25, 0.3) is 0 Å². The Morgan fingerprint density at radius 1 is 1.67 bits per heavy atom. The molecular weight excluding hydrogens is 218 g/mol. The second-order valence-electron chi connectivity index (χ2n) is 3.17. The summed E-state index contributed by atoms with van der Waals surface area (Å²) in [6.07, 6.45) is 2.26. The summed E-state index contributed by atoms with van der Waals surface area (Å²) >= 11 is 0. The first-order chi connectivity index (χ1) is 6.99. The third kappa shape index (κ3) is 6.05. The van der Waals surface area contributed by atoms with Gasteiger partial charge in [-0.3, -0.25) is 9.00 Å². The van der Waals surface area contributed by atoms with E-state index in [0.29, 0.717) is 18.7 Å². The molecule has 88 valence electrons. The average Bonchev–Trinajstić information content (AvgIpc) is 2.21. The summed E-state index contributed by atoms with van der Waals surface area (Å²) in [6, 6.07) is 0. The molecule has 2 atom stereocenters. The van der Waals surface area contributed by atoms with Crippen molar-refractivity contribution < 1.29 is 14.2 Å². The number of nitrogens with two attached hydrogens (primary N) is 1. The number of nitrogens with zero attached hydrogens (tertiary/aromatic N) is 1. The molecule has 0 spiro atoms. The molecule has 15 heavy (non-hydrogen) atoms. The number of amides is 1. The number of amidine groups is 1. The Bertz CT molecular complexity index is 268. The molecule has 2 unspecified atom stereocenters. The van der Waals surface area contributed by atoms with Gasteiger partial charge in [0.1, 0.15) is 0 Å². The fraction of sp³-hybridized carbons (Fsp3) is 0.750. The zero-order chi connectivity index (χ0) is 11.8. The highest BCUT2D eigenvalue weighted by atomic mass is 32.2. The number of carbonyl (C=O) groups is 1. The Kier molecular flexibility index (Phi) is 6.68. The van der Waals surface area contributed by atoms with Gasteiger partial charge >= 0.3 is 0 Å². The molecule has 7 heteroatoms. The van der Waals surface area contributed by atoms with E-state index in [-0.39, 0.29) is 11.7 Å². The lowest BCUT2D eigenvalue weighted by Gasteiger charge is -2.09. The van der Waals surface area contributed by atoms with Crippen LogP contribution >= 0.6 is 0 Å². The van der Waals surface area contributed by atoms with Crippen LogP contribution in [-0.2, 0) is 15.6 Å². The number of rotatable bonds is 6. The van der Waals surface area contributed by atoms with E-state index in [2.05, 4.69) is 10.5 Å². The SMILES string of the molecule is CC(C(=O)NCCCS(C)=O)C(N)=NO. The van der Waals surface area contributed by atoms with Crippen molar-refractivity contribution in [2.24, 2.45) is 16.8 Å². The van der Waals surface area contributed by atoms with Crippen LogP contribution in [0.15, 0.2) is 5.16 Å². The van der Waals surface area contributed by atoms with Crippen molar-refractivity contribution in [1.82, 2.24) is 5.32 Å². The van der Waals surface area contributed by atoms with Crippen LogP contribution in [-0.4, -0.2) is 39.7 Å². The first kappa shape index (κ1) is 13.9. The van der Waals surface area contributed by atoms with Crippen LogP contribution < -0.4 is 11.1 Å². The van der Waals surface area contributed by atoms with Gasteiger partial charge in [0.15, 0.2) is 5.84 Å². The predicted molar refractivity (Wildman–Crippen MR) is 59.1 cm³/mol. The summed E-state index contributed by atoms with van der Waals surface area (Å²) < 4.78 is 10.7. The summed E-state index contributed by atoms with van der Waals surface area (Å²) in [6.45, 7) is 1.99. The minimum atomic E-state index is -0.841. The normalized spacial score (nSPS) is 15.7. The number of oxime groups is 1. The number of nitrogens with one attached hydrogen (secondary N) is 1. The van der Waals surface area contributed by atoms with Crippen molar-refractivity contribution in [3.63, 3.8) is 0 Å². The van der Waals surface area contributed by atoms with Crippen LogP contribution in [0.4, 0.5) is 0 Å². The number of hydrogen-bond acceptors (Lipinski definition) is 4. The molecular formula is C8H17N3O3S. The molecule has 0 aromatic heterocycles. The molecule has 0 aliphatic heterocycles. The van der Waals surface area contributed by atoms with E-state index in [4.69, 9.17) is 10.9 Å². The molecule has 0 radical (unpaired) electrons. The highest BCUT2D eigenvalue weighted by Gasteiger charge is 2.16. The fourth-order valence-corrected chi connectivity index (χ4v) is 1.41. The van der Waals surface area contributed by atoms with Gasteiger partial charge in [0, 0.05) is 29.4 Å². The second-order valence-corrected chi connectivity index (χ2v) is 4.72. The van der Waals surface area contributed by atoms with Gasteiger partial charge in [-0.15, -0.1) is 0 Å². The van der Waals surface area contributed by atoms with Gasteiger partial charge in [-0.2, -0.15) is 0 Å². The summed E-state index contributed by atoms with van der Waals surface area (Å²) in [5.41, 5.74) is 5.26. The highest BCUT2D eigenvalue weighted by molar-refractivity contribution is 7.84. The van der Waals surface area contributed by atoms with Crippen molar-refractivity contribution in [1.29, 1.82) is 0 Å². The highest BCUT2D eigenvalue weighted by Crippen LogP contribution is 1.94.